The molecular weight excluding hydrogens is 248 g/mol. The molecule has 0 aromatic heterocycles. The van der Waals surface area contributed by atoms with Gasteiger partial charge in [0.25, 0.3) is 0 Å². The van der Waals surface area contributed by atoms with Gasteiger partial charge >= 0.3 is 0 Å². The van der Waals surface area contributed by atoms with Gasteiger partial charge in [0.2, 0.25) is 0 Å². The Bertz CT molecular complexity index is 236. The molecule has 1 saturated heterocycles. The summed E-state index contributed by atoms with van der Waals surface area (Å²) in [6.07, 6.45) is 5.11. The Hall–Kier alpha value is -0.200. The lowest BCUT2D eigenvalue weighted by molar-refractivity contribution is -0.135. The van der Waals surface area contributed by atoms with Crippen LogP contribution in [-0.4, -0.2) is 59.6 Å². The molecule has 5 nitrogen and oxygen atoms in total. The first-order chi connectivity index (χ1) is 9.16. The molecule has 0 aromatic carbocycles. The Morgan fingerprint density at radius 2 is 1.84 bits per heavy atom. The van der Waals surface area contributed by atoms with Crippen molar-refractivity contribution in [2.45, 2.75) is 63.3 Å². The molecule has 1 heterocycles. The van der Waals surface area contributed by atoms with Crippen molar-refractivity contribution in [3.63, 3.8) is 0 Å². The molecule has 0 radical (unpaired) electrons. The predicted octanol–water partition coefficient (Wildman–Crippen LogP) is 0.847. The van der Waals surface area contributed by atoms with E-state index in [0.717, 1.165) is 12.8 Å². The van der Waals surface area contributed by atoms with Crippen molar-refractivity contribution in [2.75, 3.05) is 26.4 Å². The lowest BCUT2D eigenvalue weighted by Gasteiger charge is -2.29. The van der Waals surface area contributed by atoms with Crippen LogP contribution in [-0.2, 0) is 9.47 Å². The molecule has 0 aromatic rings. The van der Waals surface area contributed by atoms with Gasteiger partial charge in [-0.25, -0.2) is 0 Å². The maximum Gasteiger partial charge on any atom is 0.143 e. The number of rotatable bonds is 10. The van der Waals surface area contributed by atoms with Gasteiger partial charge in [-0.15, -0.1) is 0 Å². The van der Waals surface area contributed by atoms with Crippen molar-refractivity contribution >= 4 is 0 Å². The van der Waals surface area contributed by atoms with Crippen molar-refractivity contribution < 1.29 is 24.8 Å². The van der Waals surface area contributed by atoms with Crippen molar-refractivity contribution in [3.8, 4) is 0 Å². The zero-order chi connectivity index (χ0) is 14.1. The molecule has 3 atom stereocenters. The fourth-order valence-corrected chi connectivity index (χ4v) is 2.32. The average Bonchev–Trinajstić information content (AvgIpc) is 2.71. The minimum absolute atomic E-state index is 0.0438. The van der Waals surface area contributed by atoms with Crippen molar-refractivity contribution in [2.24, 2.45) is 0 Å². The molecule has 0 bridgehead atoms. The van der Waals surface area contributed by atoms with Crippen LogP contribution < -0.4 is 0 Å². The van der Waals surface area contributed by atoms with Gasteiger partial charge in [0, 0.05) is 6.61 Å². The van der Waals surface area contributed by atoms with E-state index in [9.17, 15) is 15.3 Å². The summed E-state index contributed by atoms with van der Waals surface area (Å²) >= 11 is 0. The van der Waals surface area contributed by atoms with Crippen LogP contribution in [0.25, 0.3) is 0 Å². The maximum atomic E-state index is 9.79. The van der Waals surface area contributed by atoms with Crippen LogP contribution in [0.15, 0.2) is 0 Å². The van der Waals surface area contributed by atoms with E-state index in [1.807, 2.05) is 0 Å². The third-order valence-electron chi connectivity index (χ3n) is 3.70. The average molecular weight is 276 g/mol. The van der Waals surface area contributed by atoms with Gasteiger partial charge < -0.3 is 24.8 Å². The van der Waals surface area contributed by atoms with E-state index < -0.39 is 17.8 Å². The molecule has 3 N–H and O–H groups in total. The number of hydrogen-bond acceptors (Lipinski definition) is 5. The van der Waals surface area contributed by atoms with Gasteiger partial charge in [-0.3, -0.25) is 0 Å². The molecule has 1 aliphatic heterocycles. The monoisotopic (exact) mass is 276 g/mol. The van der Waals surface area contributed by atoms with Gasteiger partial charge in [0.1, 0.15) is 17.8 Å². The van der Waals surface area contributed by atoms with E-state index in [1.54, 1.807) is 0 Å². The first kappa shape index (κ1) is 16.9. The number of aliphatic hydroxyl groups is 3. The third kappa shape index (κ3) is 5.00. The SMILES string of the molecule is CCCCCCCCOC[C@@]1(CO)OC[C@@H](O)C1O. The second kappa shape index (κ2) is 8.87. The van der Waals surface area contributed by atoms with Gasteiger partial charge in [-0.1, -0.05) is 39.0 Å². The van der Waals surface area contributed by atoms with E-state index in [4.69, 9.17) is 9.47 Å². The number of ether oxygens (including phenoxy) is 2. The van der Waals surface area contributed by atoms with Gasteiger partial charge in [-0.05, 0) is 6.42 Å². The van der Waals surface area contributed by atoms with Crippen molar-refractivity contribution in [1.29, 1.82) is 0 Å². The minimum Gasteiger partial charge on any atom is -0.393 e. The summed E-state index contributed by atoms with van der Waals surface area (Å²) in [6, 6.07) is 0. The summed E-state index contributed by atoms with van der Waals surface area (Å²) in [5.41, 5.74) is -1.15. The number of hydrogen-bond donors (Lipinski definition) is 3. The highest BCUT2D eigenvalue weighted by molar-refractivity contribution is 4.97. The summed E-state index contributed by atoms with van der Waals surface area (Å²) < 4.78 is 10.8. The Kier molecular flexibility index (Phi) is 7.87. The second-order valence-electron chi connectivity index (χ2n) is 5.37. The second-order valence-corrected chi connectivity index (χ2v) is 5.37. The highest BCUT2D eigenvalue weighted by atomic mass is 16.6. The Labute approximate surface area is 115 Å². The van der Waals surface area contributed by atoms with Crippen LogP contribution in [0.5, 0.6) is 0 Å². The lowest BCUT2D eigenvalue weighted by Crippen LogP contribution is -2.50. The van der Waals surface area contributed by atoms with Gasteiger partial charge in [-0.2, -0.15) is 0 Å². The van der Waals surface area contributed by atoms with Crippen LogP contribution in [0.1, 0.15) is 45.4 Å². The van der Waals surface area contributed by atoms with E-state index in [-0.39, 0.29) is 19.8 Å². The van der Waals surface area contributed by atoms with Crippen LogP contribution in [0.3, 0.4) is 0 Å². The molecule has 19 heavy (non-hydrogen) atoms. The Morgan fingerprint density at radius 1 is 1.16 bits per heavy atom. The third-order valence-corrected chi connectivity index (χ3v) is 3.70. The van der Waals surface area contributed by atoms with E-state index in [0.29, 0.717) is 6.61 Å². The molecule has 0 saturated carbocycles. The van der Waals surface area contributed by atoms with Crippen molar-refractivity contribution in [1.82, 2.24) is 0 Å². The van der Waals surface area contributed by atoms with Crippen molar-refractivity contribution in [3.05, 3.63) is 0 Å². The molecule has 1 fully saturated rings. The topological polar surface area (TPSA) is 79.2 Å². The first-order valence-corrected chi connectivity index (χ1v) is 7.35. The summed E-state index contributed by atoms with van der Waals surface area (Å²) in [4.78, 5) is 0. The van der Waals surface area contributed by atoms with Gasteiger partial charge in [0.15, 0.2) is 0 Å². The lowest BCUT2D eigenvalue weighted by atomic mass is 9.97. The molecular formula is C14H28O5. The molecule has 114 valence electrons. The normalized spacial score (nSPS) is 30.9. The standard InChI is InChI=1S/C14H28O5/c1-2-3-4-5-6-7-8-18-11-14(10-15)13(17)12(16)9-19-14/h12-13,15-17H,2-11H2,1H3/t12-,13?,14-/m1/s1. The summed E-state index contributed by atoms with van der Waals surface area (Å²) in [5, 5.41) is 28.6. The fraction of sp³-hybridized carbons (Fsp3) is 1.00. The molecule has 0 aliphatic carbocycles. The molecule has 1 rings (SSSR count). The van der Waals surface area contributed by atoms with E-state index in [2.05, 4.69) is 6.92 Å². The number of unbranched alkanes of at least 4 members (excludes halogenated alkanes) is 5. The summed E-state index contributed by atoms with van der Waals surface area (Å²) in [7, 11) is 0. The first-order valence-electron chi connectivity index (χ1n) is 7.35. The number of aliphatic hydroxyl groups excluding tert-OH is 3. The van der Waals surface area contributed by atoms with Crippen LogP contribution in [0.4, 0.5) is 0 Å². The molecule has 5 heteroatoms. The van der Waals surface area contributed by atoms with Crippen LogP contribution in [0.2, 0.25) is 0 Å². The van der Waals surface area contributed by atoms with E-state index >= 15 is 0 Å². The predicted molar refractivity (Wildman–Crippen MR) is 72.0 cm³/mol. The zero-order valence-corrected chi connectivity index (χ0v) is 11.9. The van der Waals surface area contributed by atoms with Gasteiger partial charge in [0.05, 0.1) is 19.8 Å². The Morgan fingerprint density at radius 3 is 2.42 bits per heavy atom. The Balaban J connectivity index is 2.10. The minimum atomic E-state index is -1.15. The molecule has 0 amide bonds. The van der Waals surface area contributed by atoms with E-state index in [1.165, 1.54) is 25.7 Å². The molecule has 1 unspecified atom stereocenters. The summed E-state index contributed by atoms with van der Waals surface area (Å²) in [5.74, 6) is 0. The highest BCUT2D eigenvalue weighted by Crippen LogP contribution is 2.26. The van der Waals surface area contributed by atoms with Crippen LogP contribution >= 0.6 is 0 Å². The molecule has 0 spiro atoms. The zero-order valence-electron chi connectivity index (χ0n) is 11.9. The fourth-order valence-electron chi connectivity index (χ4n) is 2.32. The molecule has 1 aliphatic rings. The largest absolute Gasteiger partial charge is 0.393 e. The maximum absolute atomic E-state index is 9.79. The van der Waals surface area contributed by atoms with Crippen LogP contribution in [0, 0.1) is 0 Å². The smallest absolute Gasteiger partial charge is 0.143 e. The highest BCUT2D eigenvalue weighted by Gasteiger charge is 2.48. The quantitative estimate of drug-likeness (QED) is 0.515. The summed E-state index contributed by atoms with van der Waals surface area (Å²) in [6.45, 7) is 2.61.